The minimum absolute atomic E-state index is 0.178. The summed E-state index contributed by atoms with van der Waals surface area (Å²) in [5.41, 5.74) is 6.05. The van der Waals surface area contributed by atoms with Crippen LogP contribution in [0.2, 0.25) is 0 Å². The fraction of sp³-hybridized carbons (Fsp3) is 0.562. The molecule has 3 N–H and O–H groups in total. The second kappa shape index (κ2) is 9.23. The number of nitrogens with two attached hydrogens (primary N) is 1. The number of ether oxygens (including phenoxy) is 2. The van der Waals surface area contributed by atoms with E-state index in [0.29, 0.717) is 36.1 Å². The zero-order valence-electron chi connectivity index (χ0n) is 13.1. The van der Waals surface area contributed by atoms with Gasteiger partial charge >= 0.3 is 0 Å². The van der Waals surface area contributed by atoms with Crippen LogP contribution in [0, 0.1) is 5.92 Å². The highest BCUT2D eigenvalue weighted by atomic mass is 16.5. The van der Waals surface area contributed by atoms with Gasteiger partial charge in [0.2, 0.25) is 0 Å². The average Bonchev–Trinajstić information content (AvgIpc) is 2.51. The first-order valence-electron chi connectivity index (χ1n) is 7.37. The molecule has 0 aromatic heterocycles. The van der Waals surface area contributed by atoms with Gasteiger partial charge in [-0.1, -0.05) is 19.4 Å². The van der Waals surface area contributed by atoms with Gasteiger partial charge in [-0.25, -0.2) is 0 Å². The van der Waals surface area contributed by atoms with E-state index in [2.05, 4.69) is 12.2 Å². The molecule has 0 spiro atoms. The number of rotatable bonds is 9. The Kier molecular flexibility index (Phi) is 7.61. The van der Waals surface area contributed by atoms with Crippen molar-refractivity contribution in [2.24, 2.45) is 11.7 Å². The molecule has 0 saturated heterocycles. The fourth-order valence-corrected chi connectivity index (χ4v) is 2.39. The van der Waals surface area contributed by atoms with Crippen LogP contribution in [0.3, 0.4) is 0 Å². The minimum atomic E-state index is -0.178. The van der Waals surface area contributed by atoms with Crippen LogP contribution >= 0.6 is 0 Å². The van der Waals surface area contributed by atoms with Gasteiger partial charge in [-0.05, 0) is 37.4 Å². The molecule has 0 aliphatic carbocycles. The Labute approximate surface area is 126 Å². The number of hydrogen-bond donors (Lipinski definition) is 2. The quantitative estimate of drug-likeness (QED) is 0.732. The summed E-state index contributed by atoms with van der Waals surface area (Å²) in [5, 5.41) is 2.96. The summed E-state index contributed by atoms with van der Waals surface area (Å²) in [6.45, 7) is 3.39. The molecule has 1 unspecified atom stereocenters. The molecule has 0 aliphatic heterocycles. The Morgan fingerprint density at radius 2 is 1.86 bits per heavy atom. The standard InChI is InChI=1S/C16H26N2O3/c1-4-6-12(9-10-17)11-18-16(19)15-13(20-2)7-5-8-14(15)21-3/h5,7-8,12H,4,6,9-11,17H2,1-3H3,(H,18,19). The highest BCUT2D eigenvalue weighted by Gasteiger charge is 2.19. The predicted molar refractivity (Wildman–Crippen MR) is 83.9 cm³/mol. The molecular weight excluding hydrogens is 268 g/mol. The molecule has 0 bridgehead atoms. The number of nitrogens with one attached hydrogen (secondary N) is 1. The summed E-state index contributed by atoms with van der Waals surface area (Å²) < 4.78 is 10.5. The third-order valence-electron chi connectivity index (χ3n) is 3.48. The lowest BCUT2D eigenvalue weighted by Gasteiger charge is -2.17. The van der Waals surface area contributed by atoms with Gasteiger partial charge < -0.3 is 20.5 Å². The first-order chi connectivity index (χ1) is 10.2. The largest absolute Gasteiger partial charge is 0.496 e. The Balaban J connectivity index is 2.79. The van der Waals surface area contributed by atoms with E-state index >= 15 is 0 Å². The normalized spacial score (nSPS) is 11.8. The molecule has 1 amide bonds. The Morgan fingerprint density at radius 3 is 2.33 bits per heavy atom. The SMILES string of the molecule is CCCC(CCN)CNC(=O)c1c(OC)cccc1OC. The monoisotopic (exact) mass is 294 g/mol. The smallest absolute Gasteiger partial charge is 0.258 e. The van der Waals surface area contributed by atoms with E-state index in [9.17, 15) is 4.79 Å². The van der Waals surface area contributed by atoms with Crippen LogP contribution in [-0.2, 0) is 0 Å². The fourth-order valence-electron chi connectivity index (χ4n) is 2.39. The van der Waals surface area contributed by atoms with E-state index in [1.807, 2.05) is 0 Å². The Bertz CT molecular complexity index is 421. The predicted octanol–water partition coefficient (Wildman–Crippen LogP) is 2.20. The molecule has 0 aliphatic rings. The van der Waals surface area contributed by atoms with Crippen LogP contribution in [0.4, 0.5) is 0 Å². The Hall–Kier alpha value is -1.75. The van der Waals surface area contributed by atoms with E-state index in [0.717, 1.165) is 19.3 Å². The zero-order chi connectivity index (χ0) is 15.7. The molecule has 1 aromatic carbocycles. The summed E-state index contributed by atoms with van der Waals surface area (Å²) in [7, 11) is 3.08. The topological polar surface area (TPSA) is 73.6 Å². The van der Waals surface area contributed by atoms with Crippen LogP contribution in [0.25, 0.3) is 0 Å². The van der Waals surface area contributed by atoms with Gasteiger partial charge in [-0.15, -0.1) is 0 Å². The van der Waals surface area contributed by atoms with Crippen molar-refractivity contribution in [3.63, 3.8) is 0 Å². The molecule has 1 rings (SSSR count). The maximum absolute atomic E-state index is 12.4. The third-order valence-corrected chi connectivity index (χ3v) is 3.48. The lowest BCUT2D eigenvalue weighted by atomic mass is 9.99. The van der Waals surface area contributed by atoms with Crippen molar-refractivity contribution in [2.45, 2.75) is 26.2 Å². The Morgan fingerprint density at radius 1 is 1.24 bits per heavy atom. The van der Waals surface area contributed by atoms with Gasteiger partial charge in [0.1, 0.15) is 17.1 Å². The van der Waals surface area contributed by atoms with Crippen LogP contribution in [0.1, 0.15) is 36.5 Å². The molecule has 1 aromatic rings. The number of carbonyl (C=O) groups is 1. The van der Waals surface area contributed by atoms with E-state index < -0.39 is 0 Å². The molecular formula is C16H26N2O3. The molecule has 1 atom stereocenters. The number of hydrogen-bond acceptors (Lipinski definition) is 4. The minimum Gasteiger partial charge on any atom is -0.496 e. The highest BCUT2D eigenvalue weighted by Crippen LogP contribution is 2.28. The highest BCUT2D eigenvalue weighted by molar-refractivity contribution is 5.99. The summed E-state index contributed by atoms with van der Waals surface area (Å²) >= 11 is 0. The molecule has 5 nitrogen and oxygen atoms in total. The van der Waals surface area contributed by atoms with Crippen molar-refractivity contribution in [2.75, 3.05) is 27.3 Å². The third kappa shape index (κ3) is 4.93. The first kappa shape index (κ1) is 17.3. The second-order valence-electron chi connectivity index (χ2n) is 4.98. The van der Waals surface area contributed by atoms with Crippen molar-refractivity contribution in [3.05, 3.63) is 23.8 Å². The number of methoxy groups -OCH3 is 2. The molecule has 5 heteroatoms. The molecule has 0 saturated carbocycles. The van der Waals surface area contributed by atoms with Crippen molar-refractivity contribution < 1.29 is 14.3 Å². The summed E-state index contributed by atoms with van der Waals surface area (Å²) in [6, 6.07) is 5.30. The van der Waals surface area contributed by atoms with Crippen LogP contribution < -0.4 is 20.5 Å². The average molecular weight is 294 g/mol. The van der Waals surface area contributed by atoms with Crippen molar-refractivity contribution in [3.8, 4) is 11.5 Å². The zero-order valence-corrected chi connectivity index (χ0v) is 13.1. The summed E-state index contributed by atoms with van der Waals surface area (Å²) in [5.74, 6) is 1.25. The first-order valence-corrected chi connectivity index (χ1v) is 7.37. The molecule has 0 fully saturated rings. The van der Waals surface area contributed by atoms with E-state index in [1.165, 1.54) is 0 Å². The van der Waals surface area contributed by atoms with E-state index in [1.54, 1.807) is 32.4 Å². The molecule has 118 valence electrons. The molecule has 21 heavy (non-hydrogen) atoms. The lowest BCUT2D eigenvalue weighted by molar-refractivity contribution is 0.0939. The van der Waals surface area contributed by atoms with Gasteiger partial charge in [0, 0.05) is 6.54 Å². The second-order valence-corrected chi connectivity index (χ2v) is 4.98. The van der Waals surface area contributed by atoms with Gasteiger partial charge in [-0.3, -0.25) is 4.79 Å². The number of amides is 1. The van der Waals surface area contributed by atoms with E-state index in [-0.39, 0.29) is 5.91 Å². The summed E-state index contributed by atoms with van der Waals surface area (Å²) in [6.07, 6.45) is 3.05. The maximum Gasteiger partial charge on any atom is 0.258 e. The number of carbonyl (C=O) groups excluding carboxylic acids is 1. The van der Waals surface area contributed by atoms with Gasteiger partial charge in [-0.2, -0.15) is 0 Å². The summed E-state index contributed by atoms with van der Waals surface area (Å²) in [4.78, 5) is 12.4. The van der Waals surface area contributed by atoms with Crippen LogP contribution in [0.15, 0.2) is 18.2 Å². The van der Waals surface area contributed by atoms with Crippen molar-refractivity contribution in [1.29, 1.82) is 0 Å². The number of benzene rings is 1. The van der Waals surface area contributed by atoms with Gasteiger partial charge in [0.25, 0.3) is 5.91 Å². The molecule has 0 radical (unpaired) electrons. The van der Waals surface area contributed by atoms with Crippen LogP contribution in [0.5, 0.6) is 11.5 Å². The van der Waals surface area contributed by atoms with Gasteiger partial charge in [0.05, 0.1) is 14.2 Å². The van der Waals surface area contributed by atoms with Crippen LogP contribution in [-0.4, -0.2) is 33.2 Å². The van der Waals surface area contributed by atoms with Gasteiger partial charge in [0.15, 0.2) is 0 Å². The van der Waals surface area contributed by atoms with Crippen molar-refractivity contribution >= 4 is 5.91 Å². The maximum atomic E-state index is 12.4. The molecule has 0 heterocycles. The van der Waals surface area contributed by atoms with E-state index in [4.69, 9.17) is 15.2 Å². The lowest BCUT2D eigenvalue weighted by Crippen LogP contribution is -2.30. The van der Waals surface area contributed by atoms with Crippen molar-refractivity contribution in [1.82, 2.24) is 5.32 Å².